The van der Waals surface area contributed by atoms with Crippen molar-refractivity contribution in [3.8, 4) is 0 Å². The van der Waals surface area contributed by atoms with Crippen molar-refractivity contribution in [2.75, 3.05) is 7.11 Å². The number of nitrogens with zero attached hydrogens (tertiary/aromatic N) is 2. The molecule has 0 aliphatic heterocycles. The third-order valence-electron chi connectivity index (χ3n) is 2.31. The van der Waals surface area contributed by atoms with Crippen LogP contribution >= 0.6 is 19.2 Å². The number of pyridine rings is 1. The summed E-state index contributed by atoms with van der Waals surface area (Å²) in [6.45, 7) is 0. The van der Waals surface area contributed by atoms with Crippen LogP contribution in [0.5, 0.6) is 0 Å². The molecule has 0 unspecified atom stereocenters. The molecule has 0 saturated carbocycles. The average Bonchev–Trinajstić information content (AvgIpc) is 2.79. The zero-order valence-corrected chi connectivity index (χ0v) is 11.9. The predicted octanol–water partition coefficient (Wildman–Crippen LogP) is 0.0263. The van der Waals surface area contributed by atoms with Crippen molar-refractivity contribution in [1.29, 1.82) is 0 Å². The van der Waals surface area contributed by atoms with Gasteiger partial charge in [-0.15, -0.1) is 0 Å². The van der Waals surface area contributed by atoms with Gasteiger partial charge in [-0.2, -0.15) is 0 Å². The number of halogens is 1. The summed E-state index contributed by atoms with van der Waals surface area (Å²) in [4.78, 5) is 32.9. The monoisotopic (exact) mass is 322 g/mol. The van der Waals surface area contributed by atoms with Crippen molar-refractivity contribution in [1.82, 2.24) is 9.38 Å². The number of aliphatic hydroxyl groups excluding tert-OH is 1. The number of hydrogen-bond donors (Lipinski definition) is 4. The van der Waals surface area contributed by atoms with Crippen LogP contribution in [0.3, 0.4) is 0 Å². The van der Waals surface area contributed by atoms with E-state index in [1.165, 1.54) is 12.1 Å². The Balaban J connectivity index is 0.000000956. The summed E-state index contributed by atoms with van der Waals surface area (Å²) in [6.07, 6.45) is 0.553. The summed E-state index contributed by atoms with van der Waals surface area (Å²) in [5.74, 6) is -1.16. The first-order chi connectivity index (χ1) is 9.30. The predicted molar refractivity (Wildman–Crippen MR) is 71.4 cm³/mol. The minimum atomic E-state index is -4.56. The first-order valence-electron chi connectivity index (χ1n) is 5.18. The van der Waals surface area contributed by atoms with E-state index in [2.05, 4.69) is 4.98 Å². The number of fused-ring (bicyclic) bond motifs is 1. The summed E-state index contributed by atoms with van der Waals surface area (Å²) in [5.41, 5.74) is -0.0669. The lowest BCUT2D eigenvalue weighted by Gasteiger charge is -2.09. The van der Waals surface area contributed by atoms with Gasteiger partial charge in [0.1, 0.15) is 5.65 Å². The van der Waals surface area contributed by atoms with Gasteiger partial charge in [-0.3, -0.25) is 13.8 Å². The molecular weight excluding hydrogens is 311 g/mol. The molecule has 0 atom stereocenters. The van der Waals surface area contributed by atoms with Crippen LogP contribution in [0.25, 0.3) is 5.65 Å². The summed E-state index contributed by atoms with van der Waals surface area (Å²) in [5, 5.41) is 15.9. The Morgan fingerprint density at radius 3 is 2.50 bits per heavy atom. The fraction of sp³-hybridized carbons (Fsp3) is 0.200. The van der Waals surface area contributed by atoms with Crippen molar-refractivity contribution in [3.63, 3.8) is 0 Å². The molecule has 2 aromatic heterocycles. The number of hydrogen-bond acceptors (Lipinski definition) is 4. The lowest BCUT2D eigenvalue weighted by atomic mass is 10.2. The van der Waals surface area contributed by atoms with E-state index >= 15 is 0 Å². The summed E-state index contributed by atoms with van der Waals surface area (Å²) in [7, 11) is -3.56. The van der Waals surface area contributed by atoms with Gasteiger partial charge in [-0.1, -0.05) is 11.6 Å². The van der Waals surface area contributed by atoms with Gasteiger partial charge in [-0.05, 0) is 12.1 Å². The second-order valence-corrected chi connectivity index (χ2v) is 5.51. The highest BCUT2D eigenvalue weighted by Crippen LogP contribution is 2.34. The molecule has 0 aliphatic rings. The van der Waals surface area contributed by atoms with Crippen LogP contribution in [0.1, 0.15) is 5.69 Å². The van der Waals surface area contributed by atoms with Gasteiger partial charge < -0.3 is 20.0 Å². The van der Waals surface area contributed by atoms with Crippen LogP contribution in [0, 0.1) is 0 Å². The third kappa shape index (κ3) is 3.36. The molecule has 4 N–H and O–H groups in total. The Hall–Kier alpha value is -1.44. The number of aliphatic carboxylic acids is 1. The van der Waals surface area contributed by atoms with Crippen molar-refractivity contribution in [3.05, 3.63) is 29.0 Å². The Morgan fingerprint density at radius 2 is 2.00 bits per heavy atom. The molecule has 2 aromatic rings. The Labute approximate surface area is 118 Å². The van der Waals surface area contributed by atoms with E-state index in [-0.39, 0.29) is 21.8 Å². The minimum Gasteiger partial charge on any atom is -0.481 e. The Kier molecular flexibility index (Phi) is 5.27. The van der Waals surface area contributed by atoms with Gasteiger partial charge >= 0.3 is 13.6 Å². The molecule has 2 rings (SSSR count). The van der Waals surface area contributed by atoms with Crippen molar-refractivity contribution < 1.29 is 29.4 Å². The van der Waals surface area contributed by atoms with Gasteiger partial charge in [0.25, 0.3) is 0 Å². The highest BCUT2D eigenvalue weighted by molar-refractivity contribution is 7.60. The standard InChI is InChI=1S/C9H8ClN2O5P.CH4O/c10-5-1-2-7-11-4-8(18(15,16)17)12(7)6(5)3-9(13)14;1-2/h1-2,4H,3H2,(H,13,14)(H2,15,16,17);2H,1H3. The van der Waals surface area contributed by atoms with E-state index in [0.29, 0.717) is 0 Å². The van der Waals surface area contributed by atoms with Gasteiger partial charge in [0, 0.05) is 7.11 Å². The molecule has 110 valence electrons. The molecule has 0 spiro atoms. The molecule has 8 nitrogen and oxygen atoms in total. The van der Waals surface area contributed by atoms with Crippen LogP contribution in [-0.4, -0.2) is 42.5 Å². The minimum absolute atomic E-state index is 0.0810. The highest BCUT2D eigenvalue weighted by Gasteiger charge is 2.25. The smallest absolute Gasteiger partial charge is 0.374 e. The van der Waals surface area contributed by atoms with Crippen molar-refractivity contribution in [2.45, 2.75) is 6.42 Å². The molecule has 0 fully saturated rings. The molecule has 20 heavy (non-hydrogen) atoms. The van der Waals surface area contributed by atoms with Crippen LogP contribution < -0.4 is 5.44 Å². The zero-order chi connectivity index (χ0) is 15.5. The maximum absolute atomic E-state index is 11.3. The highest BCUT2D eigenvalue weighted by atomic mass is 35.5. The van der Waals surface area contributed by atoms with Gasteiger partial charge in [0.05, 0.1) is 23.3 Å². The maximum Gasteiger partial charge on any atom is 0.374 e. The normalized spacial score (nSPS) is 11.1. The largest absolute Gasteiger partial charge is 0.481 e. The molecule has 0 amide bonds. The van der Waals surface area contributed by atoms with E-state index in [9.17, 15) is 19.1 Å². The molecule has 0 aromatic carbocycles. The fourth-order valence-electron chi connectivity index (χ4n) is 1.61. The molecule has 10 heteroatoms. The number of rotatable bonds is 3. The van der Waals surface area contributed by atoms with Gasteiger partial charge in [-0.25, -0.2) is 4.98 Å². The summed E-state index contributed by atoms with van der Waals surface area (Å²) < 4.78 is 12.4. The maximum atomic E-state index is 11.3. The molecule has 0 saturated heterocycles. The first-order valence-corrected chi connectivity index (χ1v) is 7.17. The fourth-order valence-corrected chi connectivity index (χ4v) is 2.52. The number of aliphatic hydroxyl groups is 1. The van der Waals surface area contributed by atoms with Crippen LogP contribution in [-0.2, 0) is 15.8 Å². The molecular formula is C10H12ClN2O6P. The summed E-state index contributed by atoms with van der Waals surface area (Å²) >= 11 is 5.86. The number of carboxylic acid groups (broad SMARTS) is 1. The second kappa shape index (κ2) is 6.34. The Morgan fingerprint density at radius 1 is 1.40 bits per heavy atom. The third-order valence-corrected chi connectivity index (χ3v) is 3.57. The molecule has 2 heterocycles. The zero-order valence-electron chi connectivity index (χ0n) is 10.3. The molecule has 0 bridgehead atoms. The van der Waals surface area contributed by atoms with E-state index in [4.69, 9.17) is 21.8 Å². The van der Waals surface area contributed by atoms with Gasteiger partial charge in [0.2, 0.25) is 0 Å². The topological polar surface area (TPSA) is 132 Å². The number of aromatic nitrogens is 2. The number of carbonyl (C=O) groups is 1. The van der Waals surface area contributed by atoms with Crippen molar-refractivity contribution >= 4 is 36.2 Å². The number of imidazole rings is 1. The van der Waals surface area contributed by atoms with E-state index in [0.717, 1.165) is 17.7 Å². The van der Waals surface area contributed by atoms with Crippen LogP contribution in [0.4, 0.5) is 0 Å². The van der Waals surface area contributed by atoms with Crippen LogP contribution in [0.2, 0.25) is 5.02 Å². The molecule has 0 radical (unpaired) electrons. The average molecular weight is 323 g/mol. The van der Waals surface area contributed by atoms with Gasteiger partial charge in [0.15, 0.2) is 5.44 Å². The SMILES string of the molecule is CO.O=C(O)Cc1c(Cl)ccc2ncc(P(=O)(O)O)n12. The van der Waals surface area contributed by atoms with E-state index < -0.39 is 20.0 Å². The summed E-state index contributed by atoms with van der Waals surface area (Å²) in [6, 6.07) is 2.89. The first kappa shape index (κ1) is 16.6. The van der Waals surface area contributed by atoms with E-state index in [1.807, 2.05) is 0 Å². The molecule has 0 aliphatic carbocycles. The Bertz CT molecular complexity index is 680. The van der Waals surface area contributed by atoms with Crippen molar-refractivity contribution in [2.24, 2.45) is 0 Å². The lowest BCUT2D eigenvalue weighted by Crippen LogP contribution is -2.16. The van der Waals surface area contributed by atoms with E-state index in [1.54, 1.807) is 0 Å². The quantitative estimate of drug-likeness (QED) is 0.586. The van der Waals surface area contributed by atoms with Crippen LogP contribution in [0.15, 0.2) is 18.3 Å². The lowest BCUT2D eigenvalue weighted by molar-refractivity contribution is -0.136. The number of carboxylic acids is 1. The second-order valence-electron chi connectivity index (χ2n) is 3.55.